The van der Waals surface area contributed by atoms with E-state index >= 15 is 0 Å². The summed E-state index contributed by atoms with van der Waals surface area (Å²) < 4.78 is 0. The molecule has 2 unspecified atom stereocenters. The van der Waals surface area contributed by atoms with Crippen LogP contribution < -0.4 is 0 Å². The van der Waals surface area contributed by atoms with Crippen molar-refractivity contribution < 1.29 is 9.59 Å². The first-order valence-corrected chi connectivity index (χ1v) is 7.88. The number of benzene rings is 2. The maximum absolute atomic E-state index is 12.6. The van der Waals surface area contributed by atoms with Crippen molar-refractivity contribution in [3.05, 3.63) is 70.8 Å². The zero-order chi connectivity index (χ0) is 15.1. The standard InChI is InChI=1S/C20H16O2/c1-20-13-8-4-2-6-11(13)17(12-7-3-5-9-14(12)20)18-15(21)10-16(22)19(18)20/h2-9,17-19H,10H2,1H3. The molecule has 2 atom stereocenters. The summed E-state index contributed by atoms with van der Waals surface area (Å²) in [5, 5.41) is 0. The summed E-state index contributed by atoms with van der Waals surface area (Å²) >= 11 is 0. The van der Waals surface area contributed by atoms with Crippen LogP contribution >= 0.6 is 0 Å². The quantitative estimate of drug-likeness (QED) is 0.697. The zero-order valence-corrected chi connectivity index (χ0v) is 12.4. The molecule has 0 heterocycles. The third kappa shape index (κ3) is 1.16. The predicted molar refractivity (Wildman–Crippen MR) is 82.8 cm³/mol. The van der Waals surface area contributed by atoms with Crippen LogP contribution in [0, 0.1) is 11.8 Å². The Morgan fingerprint density at radius 2 is 1.41 bits per heavy atom. The average Bonchev–Trinajstić information content (AvgIpc) is 2.84. The van der Waals surface area contributed by atoms with Gasteiger partial charge in [0.1, 0.15) is 11.6 Å². The first kappa shape index (κ1) is 12.3. The second-order valence-electron chi connectivity index (χ2n) is 6.97. The minimum atomic E-state index is -0.365. The second-order valence-corrected chi connectivity index (χ2v) is 6.97. The highest BCUT2D eigenvalue weighted by Crippen LogP contribution is 2.63. The van der Waals surface area contributed by atoms with Gasteiger partial charge in [-0.25, -0.2) is 0 Å². The van der Waals surface area contributed by atoms with Crippen molar-refractivity contribution in [1.29, 1.82) is 0 Å². The summed E-state index contributed by atoms with van der Waals surface area (Å²) in [5.41, 5.74) is 4.60. The van der Waals surface area contributed by atoms with Crippen molar-refractivity contribution in [3.8, 4) is 0 Å². The first-order valence-electron chi connectivity index (χ1n) is 7.88. The van der Waals surface area contributed by atoms with E-state index in [-0.39, 0.29) is 41.2 Å². The number of carbonyl (C=O) groups excluding carboxylic acids is 2. The van der Waals surface area contributed by atoms with Crippen LogP contribution in [0.15, 0.2) is 48.5 Å². The predicted octanol–water partition coefficient (Wildman–Crippen LogP) is 3.23. The fraction of sp³-hybridized carbons (Fsp3) is 0.300. The Morgan fingerprint density at radius 1 is 0.864 bits per heavy atom. The molecule has 2 aromatic rings. The van der Waals surface area contributed by atoms with Gasteiger partial charge in [0.05, 0.1) is 6.42 Å². The topological polar surface area (TPSA) is 34.1 Å². The maximum atomic E-state index is 12.6. The number of ketones is 2. The molecule has 0 N–H and O–H groups in total. The Balaban J connectivity index is 1.94. The minimum Gasteiger partial charge on any atom is -0.299 e. The first-order chi connectivity index (χ1) is 10.6. The summed E-state index contributed by atoms with van der Waals surface area (Å²) in [6, 6.07) is 16.7. The van der Waals surface area contributed by atoms with Crippen LogP contribution in [0.25, 0.3) is 0 Å². The lowest BCUT2D eigenvalue weighted by Gasteiger charge is -2.53. The largest absolute Gasteiger partial charge is 0.299 e. The smallest absolute Gasteiger partial charge is 0.145 e. The van der Waals surface area contributed by atoms with Crippen molar-refractivity contribution in [1.82, 2.24) is 0 Å². The van der Waals surface area contributed by atoms with Gasteiger partial charge in [-0.2, -0.15) is 0 Å². The summed E-state index contributed by atoms with van der Waals surface area (Å²) in [6.07, 6.45) is 0.114. The van der Waals surface area contributed by atoms with Crippen molar-refractivity contribution in [2.24, 2.45) is 11.8 Å². The van der Waals surface area contributed by atoms with E-state index in [1.165, 1.54) is 22.3 Å². The van der Waals surface area contributed by atoms with E-state index in [1.54, 1.807) is 0 Å². The molecular formula is C20H16O2. The van der Waals surface area contributed by atoms with Gasteiger partial charge in [0.25, 0.3) is 0 Å². The molecule has 6 rings (SSSR count). The van der Waals surface area contributed by atoms with E-state index in [4.69, 9.17) is 0 Å². The van der Waals surface area contributed by atoms with Crippen LogP contribution in [0.3, 0.4) is 0 Å². The number of hydrogen-bond donors (Lipinski definition) is 0. The third-order valence-electron chi connectivity index (χ3n) is 6.12. The van der Waals surface area contributed by atoms with Crippen molar-refractivity contribution in [3.63, 3.8) is 0 Å². The van der Waals surface area contributed by atoms with E-state index in [2.05, 4.69) is 31.2 Å². The fourth-order valence-corrected chi connectivity index (χ4v) is 5.36. The Kier molecular flexibility index (Phi) is 2.10. The Hall–Kier alpha value is -2.22. The molecule has 2 nitrogen and oxygen atoms in total. The molecule has 22 heavy (non-hydrogen) atoms. The molecule has 0 radical (unpaired) electrons. The molecule has 2 bridgehead atoms. The van der Waals surface area contributed by atoms with E-state index in [0.29, 0.717) is 0 Å². The number of Topliss-reactive ketones (excluding diaryl/α,β-unsaturated/α-hetero) is 2. The van der Waals surface area contributed by atoms with Gasteiger partial charge in [-0.1, -0.05) is 55.5 Å². The molecule has 4 aliphatic carbocycles. The van der Waals surface area contributed by atoms with Crippen molar-refractivity contribution in [2.45, 2.75) is 24.7 Å². The van der Waals surface area contributed by atoms with E-state index in [9.17, 15) is 9.59 Å². The Bertz CT molecular complexity index is 801. The second kappa shape index (κ2) is 3.75. The number of carbonyl (C=O) groups is 2. The average molecular weight is 288 g/mol. The molecule has 1 saturated carbocycles. The monoisotopic (exact) mass is 288 g/mol. The molecule has 1 fully saturated rings. The van der Waals surface area contributed by atoms with Gasteiger partial charge in [-0.05, 0) is 22.3 Å². The van der Waals surface area contributed by atoms with Crippen LogP contribution in [-0.2, 0) is 15.0 Å². The number of hydrogen-bond acceptors (Lipinski definition) is 2. The summed E-state index contributed by atoms with van der Waals surface area (Å²) in [4.78, 5) is 25.2. The van der Waals surface area contributed by atoms with Gasteiger partial charge < -0.3 is 0 Å². The van der Waals surface area contributed by atoms with Crippen LogP contribution in [0.4, 0.5) is 0 Å². The lowest BCUT2D eigenvalue weighted by atomic mass is 9.48. The summed E-state index contributed by atoms with van der Waals surface area (Å²) in [5.74, 6) is -0.0305. The zero-order valence-electron chi connectivity index (χ0n) is 12.4. The Morgan fingerprint density at radius 3 is 2.00 bits per heavy atom. The van der Waals surface area contributed by atoms with E-state index in [0.717, 1.165) is 0 Å². The fourth-order valence-electron chi connectivity index (χ4n) is 5.36. The van der Waals surface area contributed by atoms with Crippen LogP contribution in [-0.4, -0.2) is 11.6 Å². The van der Waals surface area contributed by atoms with Crippen LogP contribution in [0.1, 0.15) is 41.5 Å². The van der Waals surface area contributed by atoms with Gasteiger partial charge in [-0.3, -0.25) is 9.59 Å². The van der Waals surface area contributed by atoms with Gasteiger partial charge in [0.15, 0.2) is 0 Å². The molecule has 0 amide bonds. The van der Waals surface area contributed by atoms with Crippen LogP contribution in [0.2, 0.25) is 0 Å². The molecule has 0 spiro atoms. The summed E-state index contributed by atoms with van der Waals surface area (Å²) in [6.45, 7) is 2.16. The molecular weight excluding hydrogens is 272 g/mol. The lowest BCUT2D eigenvalue weighted by Crippen LogP contribution is -2.51. The van der Waals surface area contributed by atoms with Crippen molar-refractivity contribution in [2.75, 3.05) is 0 Å². The normalized spacial score (nSPS) is 34.3. The molecule has 0 aliphatic heterocycles. The minimum absolute atomic E-state index is 0.0539. The maximum Gasteiger partial charge on any atom is 0.145 e. The Labute approximate surface area is 129 Å². The lowest BCUT2D eigenvalue weighted by molar-refractivity contribution is -0.123. The van der Waals surface area contributed by atoms with Gasteiger partial charge in [0, 0.05) is 23.2 Å². The summed E-state index contributed by atoms with van der Waals surface area (Å²) in [7, 11) is 0. The van der Waals surface area contributed by atoms with Crippen LogP contribution in [0.5, 0.6) is 0 Å². The molecule has 4 aliphatic rings. The SMILES string of the molecule is CC12c3ccccc3C(c3ccccc31)C1C(=O)CC(=O)C12. The molecule has 0 aromatic heterocycles. The van der Waals surface area contributed by atoms with E-state index in [1.807, 2.05) is 24.3 Å². The molecule has 2 heteroatoms. The van der Waals surface area contributed by atoms with E-state index < -0.39 is 0 Å². The highest BCUT2D eigenvalue weighted by atomic mass is 16.2. The van der Waals surface area contributed by atoms with Crippen molar-refractivity contribution >= 4 is 11.6 Å². The van der Waals surface area contributed by atoms with Gasteiger partial charge >= 0.3 is 0 Å². The molecule has 2 aromatic carbocycles. The van der Waals surface area contributed by atoms with Gasteiger partial charge in [-0.15, -0.1) is 0 Å². The molecule has 0 saturated heterocycles. The molecule has 108 valence electrons. The third-order valence-corrected chi connectivity index (χ3v) is 6.12. The highest BCUT2D eigenvalue weighted by Gasteiger charge is 2.63. The number of rotatable bonds is 0. The highest BCUT2D eigenvalue weighted by molar-refractivity contribution is 6.11. The van der Waals surface area contributed by atoms with Gasteiger partial charge in [0.2, 0.25) is 0 Å².